The fourth-order valence-corrected chi connectivity index (χ4v) is 7.98. The Morgan fingerprint density at radius 3 is 2.20 bits per heavy atom. The minimum Gasteiger partial charge on any atom is -0.440 e. The van der Waals surface area contributed by atoms with Crippen LogP contribution in [0, 0.1) is 0 Å². The van der Waals surface area contributed by atoms with Crippen LogP contribution >= 0.6 is 0 Å². The van der Waals surface area contributed by atoms with Crippen LogP contribution in [0.5, 0.6) is 0 Å². The first-order chi connectivity index (χ1) is 24.8. The predicted molar refractivity (Wildman–Crippen MR) is 206 cm³/mol. The Bertz CT molecular complexity index is 3040. The molecule has 5 heteroatoms. The summed E-state index contributed by atoms with van der Waals surface area (Å²) in [6.45, 7) is 0. The largest absolute Gasteiger partial charge is 0.440 e. The molecular weight excluding hydrogens is 613 g/mol. The van der Waals surface area contributed by atoms with Crippen LogP contribution in [-0.2, 0) is 0 Å². The van der Waals surface area contributed by atoms with E-state index in [9.17, 15) is 0 Å². The molecule has 1 unspecified atom stereocenters. The van der Waals surface area contributed by atoms with E-state index < -0.39 is 0 Å². The summed E-state index contributed by atoms with van der Waals surface area (Å²) in [5.41, 5.74) is 9.31. The minimum absolute atomic E-state index is 0.372. The smallest absolute Gasteiger partial charge is 0.205 e. The molecule has 0 aliphatic carbocycles. The van der Waals surface area contributed by atoms with Gasteiger partial charge in [0.15, 0.2) is 0 Å². The van der Waals surface area contributed by atoms with Crippen molar-refractivity contribution < 1.29 is 4.42 Å². The fourth-order valence-electron chi connectivity index (χ4n) is 7.98. The zero-order valence-corrected chi connectivity index (χ0v) is 26.8. The van der Waals surface area contributed by atoms with Crippen molar-refractivity contribution in [2.45, 2.75) is 6.17 Å². The van der Waals surface area contributed by atoms with Crippen LogP contribution in [0.3, 0.4) is 0 Å². The molecule has 10 aromatic rings. The molecule has 7 aromatic carbocycles. The Morgan fingerprint density at radius 1 is 0.560 bits per heavy atom. The SMILES string of the molecule is c1ccc2cc3c(cc2c1)c1ccccc1n3-c1ccc(C2N=C(c3ccc4ncccc4c3)c3c(oc4ccccc34)N2)c2ccccc12. The maximum Gasteiger partial charge on any atom is 0.205 e. The number of benzene rings is 7. The average Bonchev–Trinajstić information content (AvgIpc) is 3.71. The van der Waals surface area contributed by atoms with Crippen molar-refractivity contribution in [3.8, 4) is 5.69 Å². The van der Waals surface area contributed by atoms with Crippen molar-refractivity contribution in [3.63, 3.8) is 0 Å². The van der Waals surface area contributed by atoms with Crippen molar-refractivity contribution in [2.24, 2.45) is 4.99 Å². The lowest BCUT2D eigenvalue weighted by Crippen LogP contribution is -2.20. The fraction of sp³-hybridized carbons (Fsp3) is 0.0222. The van der Waals surface area contributed by atoms with Crippen molar-refractivity contribution in [3.05, 3.63) is 175 Å². The highest BCUT2D eigenvalue weighted by Gasteiger charge is 2.30. The highest BCUT2D eigenvalue weighted by atomic mass is 16.4. The van der Waals surface area contributed by atoms with E-state index >= 15 is 0 Å². The first-order valence-electron chi connectivity index (χ1n) is 16.9. The predicted octanol–water partition coefficient (Wildman–Crippen LogP) is 11.3. The second kappa shape index (κ2) is 10.4. The highest BCUT2D eigenvalue weighted by molar-refractivity contribution is 6.23. The molecule has 0 amide bonds. The number of hydrogen-bond acceptors (Lipinski definition) is 4. The first kappa shape index (κ1) is 27.3. The van der Waals surface area contributed by atoms with Crippen LogP contribution in [0.1, 0.15) is 22.9 Å². The van der Waals surface area contributed by atoms with E-state index in [0.29, 0.717) is 0 Å². The van der Waals surface area contributed by atoms with Gasteiger partial charge in [0.05, 0.1) is 33.5 Å². The Morgan fingerprint density at radius 2 is 1.30 bits per heavy atom. The van der Waals surface area contributed by atoms with Gasteiger partial charge in [0.25, 0.3) is 0 Å². The Balaban J connectivity index is 1.14. The van der Waals surface area contributed by atoms with Crippen LogP contribution in [0.4, 0.5) is 5.88 Å². The van der Waals surface area contributed by atoms with Gasteiger partial charge in [0, 0.05) is 44.3 Å². The third-order valence-electron chi connectivity index (χ3n) is 10.2. The average molecular weight is 641 g/mol. The van der Waals surface area contributed by atoms with Gasteiger partial charge < -0.3 is 14.3 Å². The van der Waals surface area contributed by atoms with Gasteiger partial charge in [0.1, 0.15) is 11.7 Å². The van der Waals surface area contributed by atoms with Crippen LogP contribution in [0.2, 0.25) is 0 Å². The lowest BCUT2D eigenvalue weighted by atomic mass is 9.95. The van der Waals surface area contributed by atoms with E-state index in [-0.39, 0.29) is 6.17 Å². The Labute approximate surface area is 286 Å². The second-order valence-corrected chi connectivity index (χ2v) is 13.0. The molecule has 0 spiro atoms. The summed E-state index contributed by atoms with van der Waals surface area (Å²) in [6, 6.07) is 53.8. The molecule has 4 heterocycles. The zero-order chi connectivity index (χ0) is 32.8. The van der Waals surface area contributed by atoms with Crippen LogP contribution < -0.4 is 5.32 Å². The molecule has 1 aliphatic heterocycles. The Kier molecular flexibility index (Phi) is 5.66. The monoisotopic (exact) mass is 640 g/mol. The van der Waals surface area contributed by atoms with E-state index in [0.717, 1.165) is 66.6 Å². The molecule has 234 valence electrons. The maximum absolute atomic E-state index is 6.50. The topological polar surface area (TPSA) is 55.4 Å². The molecule has 11 rings (SSSR count). The molecule has 0 radical (unpaired) electrons. The molecule has 0 bridgehead atoms. The highest BCUT2D eigenvalue weighted by Crippen LogP contribution is 2.42. The summed E-state index contributed by atoms with van der Waals surface area (Å²) in [5.74, 6) is 0.731. The van der Waals surface area contributed by atoms with Crippen molar-refractivity contribution in [2.75, 3.05) is 5.32 Å². The molecule has 0 fully saturated rings. The van der Waals surface area contributed by atoms with E-state index in [2.05, 4.69) is 148 Å². The van der Waals surface area contributed by atoms with Crippen LogP contribution in [0.15, 0.2) is 167 Å². The molecule has 50 heavy (non-hydrogen) atoms. The quantitative estimate of drug-likeness (QED) is 0.209. The maximum atomic E-state index is 6.50. The van der Waals surface area contributed by atoms with Crippen molar-refractivity contribution in [1.82, 2.24) is 9.55 Å². The number of nitrogens with zero attached hydrogens (tertiary/aromatic N) is 3. The van der Waals surface area contributed by atoms with Gasteiger partial charge >= 0.3 is 0 Å². The molecular formula is C45H28N4O. The summed E-state index contributed by atoms with van der Waals surface area (Å²) in [4.78, 5) is 10.0. The van der Waals surface area contributed by atoms with Gasteiger partial charge in [-0.3, -0.25) is 9.98 Å². The number of hydrogen-bond donors (Lipinski definition) is 1. The normalized spacial score (nSPS) is 14.5. The van der Waals surface area contributed by atoms with Crippen molar-refractivity contribution in [1.29, 1.82) is 0 Å². The lowest BCUT2D eigenvalue weighted by molar-refractivity contribution is 0.609. The van der Waals surface area contributed by atoms with E-state index in [1.165, 1.54) is 32.6 Å². The molecule has 1 N–H and O–H groups in total. The number of furan rings is 1. The van der Waals surface area contributed by atoms with Crippen molar-refractivity contribution >= 4 is 76.8 Å². The molecule has 0 saturated carbocycles. The number of para-hydroxylation sites is 2. The van der Waals surface area contributed by atoms with Gasteiger partial charge in [-0.1, -0.05) is 103 Å². The summed E-state index contributed by atoms with van der Waals surface area (Å²) >= 11 is 0. The van der Waals surface area contributed by atoms with Gasteiger partial charge in [0.2, 0.25) is 5.88 Å². The Hall–Kier alpha value is -6.72. The number of fused-ring (bicyclic) bond motifs is 9. The van der Waals surface area contributed by atoms with E-state index in [1.807, 2.05) is 24.4 Å². The third kappa shape index (κ3) is 3.95. The lowest BCUT2D eigenvalue weighted by Gasteiger charge is -2.25. The first-order valence-corrected chi connectivity index (χ1v) is 16.9. The summed E-state index contributed by atoms with van der Waals surface area (Å²) < 4.78 is 8.92. The van der Waals surface area contributed by atoms with Crippen LogP contribution in [-0.4, -0.2) is 15.3 Å². The number of rotatable bonds is 3. The van der Waals surface area contributed by atoms with Crippen LogP contribution in [0.25, 0.3) is 70.9 Å². The summed E-state index contributed by atoms with van der Waals surface area (Å²) in [7, 11) is 0. The van der Waals surface area contributed by atoms with Gasteiger partial charge in [-0.05, 0) is 64.7 Å². The van der Waals surface area contributed by atoms with Gasteiger partial charge in [-0.2, -0.15) is 0 Å². The van der Waals surface area contributed by atoms with Gasteiger partial charge in [-0.15, -0.1) is 0 Å². The standard InChI is InChI=1S/C45H28N4O/c1-2-11-28-26-40-36(25-27(28)10-1)33-15-5-7-17-38(33)49(40)39-22-20-34(31-13-3-4-14-32(31)39)44-47-43(30-19-21-37-29(24-30)12-9-23-46-37)42-35-16-6-8-18-41(35)50-45(42)48-44/h1-26,44,48H. The summed E-state index contributed by atoms with van der Waals surface area (Å²) in [6.07, 6.45) is 1.46. The second-order valence-electron chi connectivity index (χ2n) is 13.0. The van der Waals surface area contributed by atoms with E-state index in [1.54, 1.807) is 0 Å². The number of aromatic nitrogens is 2. The zero-order valence-electron chi connectivity index (χ0n) is 26.8. The van der Waals surface area contributed by atoms with E-state index in [4.69, 9.17) is 9.41 Å². The number of anilines is 1. The number of aliphatic imine (C=N–C) groups is 1. The number of nitrogens with one attached hydrogen (secondary N) is 1. The molecule has 0 saturated heterocycles. The molecule has 1 aliphatic rings. The molecule has 1 atom stereocenters. The third-order valence-corrected chi connectivity index (χ3v) is 10.2. The summed E-state index contributed by atoms with van der Waals surface area (Å²) in [5, 5.41) is 13.1. The minimum atomic E-state index is -0.372. The van der Waals surface area contributed by atoms with Gasteiger partial charge in [-0.25, -0.2) is 0 Å². The molecule has 5 nitrogen and oxygen atoms in total. The molecule has 3 aromatic heterocycles. The number of pyridine rings is 1.